The summed E-state index contributed by atoms with van der Waals surface area (Å²) in [4.78, 5) is 12.2. The number of carbonyl (C=O) groups is 1. The number of amides is 2. The van der Waals surface area contributed by atoms with Crippen LogP contribution in [0.5, 0.6) is 0 Å². The summed E-state index contributed by atoms with van der Waals surface area (Å²) < 4.78 is 1.82. The molecule has 2 N–H and O–H groups in total. The molecule has 0 bridgehead atoms. The Labute approximate surface area is 142 Å². The van der Waals surface area contributed by atoms with E-state index in [0.29, 0.717) is 5.92 Å². The molecular weight excluding hydrogens is 302 g/mol. The van der Waals surface area contributed by atoms with Gasteiger partial charge in [0.25, 0.3) is 0 Å². The van der Waals surface area contributed by atoms with Crippen molar-refractivity contribution in [3.63, 3.8) is 0 Å². The zero-order valence-electron chi connectivity index (χ0n) is 14.3. The van der Waals surface area contributed by atoms with Crippen LogP contribution in [0.15, 0.2) is 36.7 Å². The van der Waals surface area contributed by atoms with Crippen molar-refractivity contribution in [1.82, 2.24) is 25.4 Å². The van der Waals surface area contributed by atoms with Crippen molar-refractivity contribution in [2.75, 3.05) is 0 Å². The summed E-state index contributed by atoms with van der Waals surface area (Å²) in [5.74, 6) is 1.36. The van der Waals surface area contributed by atoms with Gasteiger partial charge >= 0.3 is 6.03 Å². The third-order valence-electron chi connectivity index (χ3n) is 4.81. The zero-order valence-corrected chi connectivity index (χ0v) is 14.3. The highest BCUT2D eigenvalue weighted by atomic mass is 16.2. The molecule has 3 rings (SSSR count). The number of hydrogen-bond donors (Lipinski definition) is 2. The van der Waals surface area contributed by atoms with Gasteiger partial charge in [-0.3, -0.25) is 0 Å². The third-order valence-corrected chi connectivity index (χ3v) is 4.81. The molecule has 1 unspecified atom stereocenters. The highest BCUT2D eigenvalue weighted by Gasteiger charge is 2.24. The Bertz CT molecular complexity index is 661. The highest BCUT2D eigenvalue weighted by molar-refractivity contribution is 5.74. The van der Waals surface area contributed by atoms with Crippen molar-refractivity contribution in [1.29, 1.82) is 0 Å². The summed E-state index contributed by atoms with van der Waals surface area (Å²) in [6, 6.07) is 10.6. The van der Waals surface area contributed by atoms with Crippen LogP contribution < -0.4 is 10.6 Å². The van der Waals surface area contributed by atoms with Gasteiger partial charge in [0.05, 0.1) is 6.04 Å². The number of benzene rings is 1. The quantitative estimate of drug-likeness (QED) is 0.907. The fourth-order valence-corrected chi connectivity index (χ4v) is 3.47. The van der Waals surface area contributed by atoms with E-state index in [1.54, 1.807) is 6.33 Å². The fraction of sp³-hybridized carbons (Fsp3) is 0.500. The SMILES string of the molecule is CC(NC(=O)NC1CCC(c2ccccc2)CC1)c1nncn1C. The van der Waals surface area contributed by atoms with Gasteiger partial charge < -0.3 is 15.2 Å². The van der Waals surface area contributed by atoms with E-state index >= 15 is 0 Å². The van der Waals surface area contributed by atoms with Crippen LogP contribution >= 0.6 is 0 Å². The molecule has 1 aromatic heterocycles. The number of nitrogens with zero attached hydrogens (tertiary/aromatic N) is 3. The van der Waals surface area contributed by atoms with Crippen molar-refractivity contribution < 1.29 is 4.79 Å². The maximum atomic E-state index is 12.2. The van der Waals surface area contributed by atoms with Gasteiger partial charge in [-0.1, -0.05) is 30.3 Å². The monoisotopic (exact) mass is 327 g/mol. The van der Waals surface area contributed by atoms with Gasteiger partial charge in [-0.05, 0) is 44.1 Å². The van der Waals surface area contributed by atoms with Gasteiger partial charge in [0.2, 0.25) is 0 Å². The number of carbonyl (C=O) groups excluding carboxylic acids is 1. The third kappa shape index (κ3) is 3.93. The number of hydrogen-bond acceptors (Lipinski definition) is 3. The number of nitrogens with one attached hydrogen (secondary N) is 2. The van der Waals surface area contributed by atoms with Crippen molar-refractivity contribution in [3.05, 3.63) is 48.0 Å². The topological polar surface area (TPSA) is 71.8 Å². The first-order chi connectivity index (χ1) is 11.6. The number of rotatable bonds is 4. The van der Waals surface area contributed by atoms with Crippen LogP contribution in [-0.2, 0) is 7.05 Å². The van der Waals surface area contributed by atoms with Crippen molar-refractivity contribution >= 4 is 6.03 Å². The summed E-state index contributed by atoms with van der Waals surface area (Å²) in [6.07, 6.45) is 5.91. The number of aromatic nitrogens is 3. The Kier molecular flexibility index (Phi) is 5.13. The minimum atomic E-state index is -0.168. The zero-order chi connectivity index (χ0) is 16.9. The standard InChI is InChI=1S/C18H25N5O/c1-13(17-22-19-12-23(17)2)20-18(24)21-16-10-8-15(9-11-16)14-6-4-3-5-7-14/h3-7,12-13,15-16H,8-11H2,1-2H3,(H2,20,21,24). The second kappa shape index (κ2) is 7.47. The van der Waals surface area contributed by atoms with E-state index < -0.39 is 0 Å². The minimum Gasteiger partial charge on any atom is -0.335 e. The fourth-order valence-electron chi connectivity index (χ4n) is 3.47. The lowest BCUT2D eigenvalue weighted by atomic mass is 9.82. The van der Waals surface area contributed by atoms with Crippen molar-refractivity contribution in [2.45, 2.75) is 50.6 Å². The predicted octanol–water partition coefficient (Wildman–Crippen LogP) is 2.90. The summed E-state index contributed by atoms with van der Waals surface area (Å²) >= 11 is 0. The van der Waals surface area contributed by atoms with Gasteiger partial charge in [0.1, 0.15) is 6.33 Å². The van der Waals surface area contributed by atoms with E-state index in [1.807, 2.05) is 18.5 Å². The molecule has 1 aliphatic rings. The lowest BCUT2D eigenvalue weighted by Crippen LogP contribution is -2.44. The predicted molar refractivity (Wildman–Crippen MR) is 92.5 cm³/mol. The van der Waals surface area contributed by atoms with Gasteiger partial charge in [0, 0.05) is 13.1 Å². The average molecular weight is 327 g/mol. The number of aryl methyl sites for hydroxylation is 1. The van der Waals surface area contributed by atoms with E-state index in [2.05, 4.69) is 51.2 Å². The molecule has 2 aromatic rings. The van der Waals surface area contributed by atoms with Gasteiger partial charge in [0.15, 0.2) is 5.82 Å². The molecule has 1 aliphatic carbocycles. The Morgan fingerprint density at radius 3 is 2.54 bits per heavy atom. The second-order valence-electron chi connectivity index (χ2n) is 6.60. The lowest BCUT2D eigenvalue weighted by Gasteiger charge is -2.29. The smallest absolute Gasteiger partial charge is 0.315 e. The second-order valence-corrected chi connectivity index (χ2v) is 6.60. The molecule has 6 heteroatoms. The van der Waals surface area contributed by atoms with Crippen LogP contribution in [0, 0.1) is 0 Å². The Hall–Kier alpha value is -2.37. The van der Waals surface area contributed by atoms with Gasteiger partial charge in [-0.15, -0.1) is 10.2 Å². The van der Waals surface area contributed by atoms with Crippen LogP contribution in [0.25, 0.3) is 0 Å². The number of urea groups is 1. The average Bonchev–Trinajstić information content (AvgIpc) is 3.02. The first kappa shape index (κ1) is 16.5. The molecule has 24 heavy (non-hydrogen) atoms. The summed E-state index contributed by atoms with van der Waals surface area (Å²) in [5, 5.41) is 13.9. The van der Waals surface area contributed by atoms with Crippen LogP contribution in [-0.4, -0.2) is 26.8 Å². The maximum absolute atomic E-state index is 12.2. The molecular formula is C18H25N5O. The van der Waals surface area contributed by atoms with E-state index in [9.17, 15) is 4.79 Å². The molecule has 1 aromatic carbocycles. The molecule has 0 spiro atoms. The lowest BCUT2D eigenvalue weighted by molar-refractivity contribution is 0.227. The van der Waals surface area contributed by atoms with Gasteiger partial charge in [-0.25, -0.2) is 4.79 Å². The molecule has 0 saturated heterocycles. The van der Waals surface area contributed by atoms with Crippen LogP contribution in [0.1, 0.15) is 56.0 Å². The Morgan fingerprint density at radius 1 is 1.21 bits per heavy atom. The molecule has 0 radical (unpaired) electrons. The first-order valence-corrected chi connectivity index (χ1v) is 8.59. The molecule has 1 fully saturated rings. The molecule has 128 valence electrons. The minimum absolute atomic E-state index is 0.131. The Balaban J connectivity index is 1.46. The van der Waals surface area contributed by atoms with E-state index in [0.717, 1.165) is 31.5 Å². The van der Waals surface area contributed by atoms with E-state index in [1.165, 1.54) is 5.56 Å². The Morgan fingerprint density at radius 2 is 1.92 bits per heavy atom. The summed E-state index contributed by atoms with van der Waals surface area (Å²) in [5.41, 5.74) is 1.41. The highest BCUT2D eigenvalue weighted by Crippen LogP contribution is 2.32. The largest absolute Gasteiger partial charge is 0.335 e. The molecule has 6 nitrogen and oxygen atoms in total. The molecule has 1 saturated carbocycles. The normalized spacial score (nSPS) is 21.9. The molecule has 1 heterocycles. The molecule has 0 aliphatic heterocycles. The maximum Gasteiger partial charge on any atom is 0.315 e. The van der Waals surface area contributed by atoms with E-state index in [4.69, 9.17) is 0 Å². The van der Waals surface area contributed by atoms with E-state index in [-0.39, 0.29) is 18.1 Å². The van der Waals surface area contributed by atoms with Gasteiger partial charge in [-0.2, -0.15) is 0 Å². The first-order valence-electron chi connectivity index (χ1n) is 8.59. The van der Waals surface area contributed by atoms with Crippen LogP contribution in [0.2, 0.25) is 0 Å². The van der Waals surface area contributed by atoms with Crippen LogP contribution in [0.4, 0.5) is 4.79 Å². The molecule has 1 atom stereocenters. The summed E-state index contributed by atoms with van der Waals surface area (Å²) in [7, 11) is 1.87. The van der Waals surface area contributed by atoms with Crippen LogP contribution in [0.3, 0.4) is 0 Å². The van der Waals surface area contributed by atoms with Crippen molar-refractivity contribution in [2.24, 2.45) is 7.05 Å². The van der Waals surface area contributed by atoms with Crippen molar-refractivity contribution in [3.8, 4) is 0 Å². The summed E-state index contributed by atoms with van der Waals surface area (Å²) in [6.45, 7) is 1.91. The molecule has 2 amide bonds.